The minimum Gasteiger partial charge on any atom is -0.380 e. The molecule has 3 nitrogen and oxygen atoms in total. The van der Waals surface area contributed by atoms with E-state index in [-0.39, 0.29) is 17.7 Å². The quantitative estimate of drug-likeness (QED) is 0.559. The van der Waals surface area contributed by atoms with Crippen molar-refractivity contribution < 1.29 is 9.53 Å². The molecule has 58 valence electrons. The highest BCUT2D eigenvalue weighted by Crippen LogP contribution is 2.14. The Balaban J connectivity index is 2.47. The fourth-order valence-corrected chi connectivity index (χ4v) is 1.26. The van der Waals surface area contributed by atoms with E-state index in [0.29, 0.717) is 13.2 Å². The molecule has 1 heterocycles. The molecular formula is C7H13NO2. The lowest BCUT2D eigenvalue weighted by molar-refractivity contribution is -0.124. The second kappa shape index (κ2) is 3.12. The third-order valence-electron chi connectivity index (χ3n) is 1.92. The van der Waals surface area contributed by atoms with Gasteiger partial charge in [-0.2, -0.15) is 0 Å². The summed E-state index contributed by atoms with van der Waals surface area (Å²) < 4.78 is 5.08. The predicted octanol–water partition coefficient (Wildman–Crippen LogP) is -0.0608. The summed E-state index contributed by atoms with van der Waals surface area (Å²) in [6.07, 6.45) is 0.788. The van der Waals surface area contributed by atoms with E-state index in [1.165, 1.54) is 0 Å². The number of rotatable bonds is 1. The lowest BCUT2D eigenvalue weighted by atomic mass is 9.92. The Hall–Kier alpha value is -0.410. The molecule has 0 unspecified atom stereocenters. The molecule has 1 saturated heterocycles. The van der Waals surface area contributed by atoms with Crippen LogP contribution in [0, 0.1) is 5.92 Å². The average molecular weight is 143 g/mol. The number of carbonyl (C=O) groups is 1. The van der Waals surface area contributed by atoms with Crippen LogP contribution in [0.3, 0.4) is 0 Å². The van der Waals surface area contributed by atoms with E-state index in [4.69, 9.17) is 10.5 Å². The third kappa shape index (κ3) is 1.55. The summed E-state index contributed by atoms with van der Waals surface area (Å²) in [5.74, 6) is 0.226. The van der Waals surface area contributed by atoms with Crippen molar-refractivity contribution >= 4 is 5.78 Å². The molecule has 3 heteroatoms. The van der Waals surface area contributed by atoms with Gasteiger partial charge in [-0.3, -0.25) is 4.79 Å². The van der Waals surface area contributed by atoms with Gasteiger partial charge in [0.2, 0.25) is 0 Å². The monoisotopic (exact) mass is 143 g/mol. The Kier molecular flexibility index (Phi) is 2.40. The molecule has 0 amide bonds. The summed E-state index contributed by atoms with van der Waals surface area (Å²) in [7, 11) is 0. The molecule has 0 aromatic carbocycles. The summed E-state index contributed by atoms with van der Waals surface area (Å²) in [6.45, 7) is 2.80. The molecule has 0 aromatic rings. The van der Waals surface area contributed by atoms with Gasteiger partial charge in [0.1, 0.15) is 5.78 Å². The number of hydrogen-bond acceptors (Lipinski definition) is 3. The van der Waals surface area contributed by atoms with Gasteiger partial charge in [-0.1, -0.05) is 0 Å². The van der Waals surface area contributed by atoms with Crippen LogP contribution in [0.2, 0.25) is 0 Å². The number of hydrogen-bond donors (Lipinski definition) is 1. The molecule has 1 aliphatic heterocycles. The minimum absolute atomic E-state index is 0.0359. The number of nitrogens with two attached hydrogens (primary N) is 1. The zero-order chi connectivity index (χ0) is 7.56. The zero-order valence-corrected chi connectivity index (χ0v) is 6.17. The van der Waals surface area contributed by atoms with Gasteiger partial charge in [-0.15, -0.1) is 0 Å². The highest BCUT2D eigenvalue weighted by molar-refractivity contribution is 5.79. The van der Waals surface area contributed by atoms with Gasteiger partial charge in [-0.05, 0) is 13.3 Å². The topological polar surface area (TPSA) is 52.3 Å². The maximum Gasteiger partial charge on any atom is 0.134 e. The molecule has 1 aliphatic rings. The normalized spacial score (nSPS) is 33.8. The first-order chi connectivity index (χ1) is 4.72. The van der Waals surface area contributed by atoms with Crippen molar-refractivity contribution in [3.8, 4) is 0 Å². The average Bonchev–Trinajstić information content (AvgIpc) is 1.88. The first-order valence-electron chi connectivity index (χ1n) is 3.55. The van der Waals surface area contributed by atoms with E-state index in [2.05, 4.69) is 0 Å². The smallest absolute Gasteiger partial charge is 0.134 e. The van der Waals surface area contributed by atoms with Gasteiger partial charge >= 0.3 is 0 Å². The number of Topliss-reactive ketones (excluding diaryl/α,β-unsaturated/α-hetero) is 1. The van der Waals surface area contributed by atoms with Crippen molar-refractivity contribution in [3.05, 3.63) is 0 Å². The highest BCUT2D eigenvalue weighted by atomic mass is 16.5. The van der Waals surface area contributed by atoms with Gasteiger partial charge < -0.3 is 10.5 Å². The van der Waals surface area contributed by atoms with Gasteiger partial charge in [0, 0.05) is 18.6 Å². The maximum absolute atomic E-state index is 10.9. The Morgan fingerprint density at radius 3 is 2.80 bits per heavy atom. The van der Waals surface area contributed by atoms with Crippen LogP contribution in [0.15, 0.2) is 0 Å². The van der Waals surface area contributed by atoms with E-state index in [0.717, 1.165) is 6.42 Å². The molecule has 0 aliphatic carbocycles. The molecule has 1 fully saturated rings. The fourth-order valence-electron chi connectivity index (χ4n) is 1.26. The highest BCUT2D eigenvalue weighted by Gasteiger charge is 2.25. The fraction of sp³-hybridized carbons (Fsp3) is 0.857. The van der Waals surface area contributed by atoms with Crippen molar-refractivity contribution in [1.82, 2.24) is 0 Å². The summed E-state index contributed by atoms with van der Waals surface area (Å²) in [5.41, 5.74) is 5.63. The second-order valence-corrected chi connectivity index (χ2v) is 2.74. The molecule has 0 bridgehead atoms. The van der Waals surface area contributed by atoms with E-state index < -0.39 is 0 Å². The Bertz CT molecular complexity index is 136. The molecule has 10 heavy (non-hydrogen) atoms. The molecular weight excluding hydrogens is 130 g/mol. The number of carbonyl (C=O) groups excluding carboxylic acids is 1. The lowest BCUT2D eigenvalue weighted by Crippen LogP contribution is -2.42. The molecule has 0 radical (unpaired) electrons. The van der Waals surface area contributed by atoms with Crippen LogP contribution in [0.25, 0.3) is 0 Å². The van der Waals surface area contributed by atoms with Crippen molar-refractivity contribution in [3.63, 3.8) is 0 Å². The van der Waals surface area contributed by atoms with Crippen molar-refractivity contribution in [2.24, 2.45) is 11.7 Å². The molecule has 2 N–H and O–H groups in total. The van der Waals surface area contributed by atoms with E-state index in [1.807, 2.05) is 0 Å². The van der Waals surface area contributed by atoms with Gasteiger partial charge in [0.05, 0.1) is 6.61 Å². The second-order valence-electron chi connectivity index (χ2n) is 2.74. The standard InChI is InChI=1S/C7H13NO2/c1-5(9)6-2-3-10-4-7(6)8/h6-7H,2-4,8H2,1H3/t6-,7+/m0/s1. The molecule has 1 rings (SSSR count). The molecule has 0 saturated carbocycles. The van der Waals surface area contributed by atoms with E-state index in [9.17, 15) is 4.79 Å². The minimum atomic E-state index is -0.0775. The third-order valence-corrected chi connectivity index (χ3v) is 1.92. The van der Waals surface area contributed by atoms with Crippen molar-refractivity contribution in [1.29, 1.82) is 0 Å². The van der Waals surface area contributed by atoms with Crippen molar-refractivity contribution in [2.75, 3.05) is 13.2 Å². The van der Waals surface area contributed by atoms with Crippen LogP contribution in [0.4, 0.5) is 0 Å². The van der Waals surface area contributed by atoms with Gasteiger partial charge in [-0.25, -0.2) is 0 Å². The number of ether oxygens (including phenoxy) is 1. The van der Waals surface area contributed by atoms with Crippen LogP contribution in [-0.4, -0.2) is 25.0 Å². The maximum atomic E-state index is 10.9. The Morgan fingerprint density at radius 2 is 2.40 bits per heavy atom. The Morgan fingerprint density at radius 1 is 1.70 bits per heavy atom. The van der Waals surface area contributed by atoms with Crippen LogP contribution in [0.1, 0.15) is 13.3 Å². The van der Waals surface area contributed by atoms with E-state index >= 15 is 0 Å². The largest absolute Gasteiger partial charge is 0.380 e. The van der Waals surface area contributed by atoms with Crippen LogP contribution in [0.5, 0.6) is 0 Å². The summed E-state index contributed by atoms with van der Waals surface area (Å²) in [6, 6.07) is -0.0775. The summed E-state index contributed by atoms with van der Waals surface area (Å²) in [4.78, 5) is 10.9. The van der Waals surface area contributed by atoms with Crippen molar-refractivity contribution in [2.45, 2.75) is 19.4 Å². The molecule has 2 atom stereocenters. The first-order valence-corrected chi connectivity index (χ1v) is 3.55. The molecule has 0 spiro atoms. The van der Waals surface area contributed by atoms with E-state index in [1.54, 1.807) is 6.92 Å². The predicted molar refractivity (Wildman–Crippen MR) is 37.6 cm³/mol. The SMILES string of the molecule is CC(=O)[C@@H]1CCOC[C@H]1N. The van der Waals surface area contributed by atoms with Crippen LogP contribution < -0.4 is 5.73 Å². The Labute approximate surface area is 60.5 Å². The van der Waals surface area contributed by atoms with Gasteiger partial charge in [0.15, 0.2) is 0 Å². The first kappa shape index (κ1) is 7.69. The molecule has 0 aromatic heterocycles. The lowest BCUT2D eigenvalue weighted by Gasteiger charge is -2.26. The summed E-state index contributed by atoms with van der Waals surface area (Å²) in [5, 5.41) is 0. The van der Waals surface area contributed by atoms with Gasteiger partial charge in [0.25, 0.3) is 0 Å². The summed E-state index contributed by atoms with van der Waals surface area (Å²) >= 11 is 0. The number of ketones is 1. The zero-order valence-electron chi connectivity index (χ0n) is 6.17. The van der Waals surface area contributed by atoms with Crippen LogP contribution >= 0.6 is 0 Å². The van der Waals surface area contributed by atoms with Crippen LogP contribution in [-0.2, 0) is 9.53 Å².